The van der Waals surface area contributed by atoms with E-state index in [4.69, 9.17) is 5.11 Å². The summed E-state index contributed by atoms with van der Waals surface area (Å²) in [4.78, 5) is 11.0. The average molecular weight is 313 g/mol. The van der Waals surface area contributed by atoms with E-state index < -0.39 is 5.97 Å². The molecule has 122 valence electrons. The fourth-order valence-corrected chi connectivity index (χ4v) is 3.29. The van der Waals surface area contributed by atoms with Crippen molar-refractivity contribution >= 4 is 5.97 Å². The zero-order valence-corrected chi connectivity index (χ0v) is 13.4. The monoisotopic (exact) mass is 313 g/mol. The Morgan fingerprint density at radius 1 is 1.35 bits per heavy atom. The van der Waals surface area contributed by atoms with Gasteiger partial charge in [0.1, 0.15) is 0 Å². The Labute approximate surface area is 136 Å². The molecule has 1 aliphatic rings. The van der Waals surface area contributed by atoms with Crippen LogP contribution < -0.4 is 5.32 Å². The highest BCUT2D eigenvalue weighted by molar-refractivity contribution is 5.70. The average Bonchev–Trinajstić information content (AvgIpc) is 3.02. The van der Waals surface area contributed by atoms with E-state index in [1.54, 1.807) is 0 Å². The van der Waals surface area contributed by atoms with Crippen molar-refractivity contribution in [3.63, 3.8) is 0 Å². The predicted octanol–water partition coefficient (Wildman–Crippen LogP) is 3.12. The van der Waals surface area contributed by atoms with E-state index in [2.05, 4.69) is 46.7 Å². The Morgan fingerprint density at radius 2 is 2.13 bits per heavy atom. The second kappa shape index (κ2) is 6.96. The van der Waals surface area contributed by atoms with Gasteiger partial charge in [-0.05, 0) is 38.7 Å². The van der Waals surface area contributed by atoms with Crippen molar-refractivity contribution in [3.05, 3.63) is 41.6 Å². The Hall–Kier alpha value is -2.14. The number of aromatic nitrogens is 2. The number of rotatable bonds is 5. The molecular weight excluding hydrogens is 290 g/mol. The molecule has 0 atom stereocenters. The van der Waals surface area contributed by atoms with Crippen molar-refractivity contribution in [2.24, 2.45) is 5.92 Å². The first-order valence-electron chi connectivity index (χ1n) is 8.19. The maximum Gasteiger partial charge on any atom is 0.306 e. The largest absolute Gasteiger partial charge is 0.481 e. The van der Waals surface area contributed by atoms with Gasteiger partial charge in [0.15, 0.2) is 0 Å². The van der Waals surface area contributed by atoms with E-state index in [0.29, 0.717) is 6.04 Å². The van der Waals surface area contributed by atoms with Crippen molar-refractivity contribution in [2.75, 3.05) is 0 Å². The molecular formula is C18H23N3O2. The molecule has 1 aliphatic carbocycles. The Kier molecular flexibility index (Phi) is 4.76. The Balaban J connectivity index is 1.60. The van der Waals surface area contributed by atoms with Gasteiger partial charge in [-0.15, -0.1) is 0 Å². The number of hydrogen-bond acceptors (Lipinski definition) is 3. The first-order chi connectivity index (χ1) is 11.1. The molecule has 1 fully saturated rings. The molecule has 0 aliphatic heterocycles. The van der Waals surface area contributed by atoms with Crippen molar-refractivity contribution in [3.8, 4) is 11.3 Å². The molecule has 0 unspecified atom stereocenters. The molecule has 2 aromatic rings. The van der Waals surface area contributed by atoms with Gasteiger partial charge in [0.25, 0.3) is 0 Å². The minimum atomic E-state index is -0.653. The molecule has 0 radical (unpaired) electrons. The van der Waals surface area contributed by atoms with Crippen LogP contribution in [0.25, 0.3) is 11.3 Å². The molecule has 1 saturated carbocycles. The van der Waals surface area contributed by atoms with Gasteiger partial charge < -0.3 is 10.4 Å². The Bertz CT molecular complexity index is 672. The van der Waals surface area contributed by atoms with Crippen LogP contribution in [0.1, 0.15) is 36.8 Å². The normalized spacial score (nSPS) is 21.3. The fraction of sp³-hybridized carbons (Fsp3) is 0.444. The third kappa shape index (κ3) is 3.79. The minimum Gasteiger partial charge on any atom is -0.481 e. The summed E-state index contributed by atoms with van der Waals surface area (Å²) >= 11 is 0. The molecule has 0 bridgehead atoms. The zero-order chi connectivity index (χ0) is 16.2. The van der Waals surface area contributed by atoms with Gasteiger partial charge in [0.2, 0.25) is 0 Å². The number of nitrogens with zero attached hydrogens (tertiary/aromatic N) is 1. The number of H-pyrrole nitrogens is 1. The number of hydrogen-bond donors (Lipinski definition) is 3. The number of aromatic amines is 1. The van der Waals surface area contributed by atoms with Gasteiger partial charge in [0, 0.05) is 23.7 Å². The lowest BCUT2D eigenvalue weighted by atomic mass is 9.86. The summed E-state index contributed by atoms with van der Waals surface area (Å²) in [7, 11) is 0. The summed E-state index contributed by atoms with van der Waals surface area (Å²) in [5.74, 6) is -0.815. The van der Waals surface area contributed by atoms with Crippen LogP contribution in [0.3, 0.4) is 0 Å². The number of benzene rings is 1. The van der Waals surface area contributed by atoms with Gasteiger partial charge in [-0.25, -0.2) is 0 Å². The first kappa shape index (κ1) is 15.7. The lowest BCUT2D eigenvalue weighted by Gasteiger charge is -2.26. The minimum absolute atomic E-state index is 0.162. The SMILES string of the molecule is Cc1cccc(-c2[nH]ncc2CNC2CCC(C(=O)O)CC2)c1. The summed E-state index contributed by atoms with van der Waals surface area (Å²) < 4.78 is 0. The smallest absolute Gasteiger partial charge is 0.306 e. The van der Waals surface area contributed by atoms with Crippen LogP contribution in [0.2, 0.25) is 0 Å². The van der Waals surface area contributed by atoms with Crippen LogP contribution in [0.4, 0.5) is 0 Å². The summed E-state index contributed by atoms with van der Waals surface area (Å²) in [6.45, 7) is 2.83. The zero-order valence-electron chi connectivity index (χ0n) is 13.4. The van der Waals surface area contributed by atoms with E-state index >= 15 is 0 Å². The Morgan fingerprint density at radius 3 is 2.83 bits per heavy atom. The van der Waals surface area contributed by atoms with Gasteiger partial charge in [-0.3, -0.25) is 9.89 Å². The third-order valence-electron chi connectivity index (χ3n) is 4.68. The van der Waals surface area contributed by atoms with Crippen LogP contribution in [0.5, 0.6) is 0 Å². The number of aryl methyl sites for hydroxylation is 1. The van der Waals surface area contributed by atoms with E-state index in [1.807, 2.05) is 6.20 Å². The fourth-order valence-electron chi connectivity index (χ4n) is 3.29. The molecule has 1 aromatic heterocycles. The predicted molar refractivity (Wildman–Crippen MR) is 89.0 cm³/mol. The second-order valence-corrected chi connectivity index (χ2v) is 6.41. The van der Waals surface area contributed by atoms with E-state index in [-0.39, 0.29) is 5.92 Å². The standard InChI is InChI=1S/C18H23N3O2/c1-12-3-2-4-14(9-12)17-15(11-20-21-17)10-19-16-7-5-13(6-8-16)18(22)23/h2-4,9,11,13,16,19H,5-8,10H2,1H3,(H,20,21)(H,22,23). The van der Waals surface area contributed by atoms with Gasteiger partial charge in [0.05, 0.1) is 17.8 Å². The maximum atomic E-state index is 11.0. The summed E-state index contributed by atoms with van der Waals surface area (Å²) in [6, 6.07) is 8.76. The molecule has 1 aromatic carbocycles. The van der Waals surface area contributed by atoms with Crippen LogP contribution >= 0.6 is 0 Å². The van der Waals surface area contributed by atoms with Crippen LogP contribution in [-0.4, -0.2) is 27.3 Å². The highest BCUT2D eigenvalue weighted by Gasteiger charge is 2.25. The molecule has 0 spiro atoms. The van der Waals surface area contributed by atoms with Crippen LogP contribution in [0.15, 0.2) is 30.5 Å². The number of nitrogens with one attached hydrogen (secondary N) is 2. The molecule has 5 heteroatoms. The van der Waals surface area contributed by atoms with Crippen molar-refractivity contribution in [1.82, 2.24) is 15.5 Å². The molecule has 3 rings (SSSR count). The second-order valence-electron chi connectivity index (χ2n) is 6.41. The topological polar surface area (TPSA) is 78.0 Å². The molecule has 1 heterocycles. The molecule has 5 nitrogen and oxygen atoms in total. The van der Waals surface area contributed by atoms with Gasteiger partial charge in [-0.1, -0.05) is 23.8 Å². The van der Waals surface area contributed by atoms with Crippen LogP contribution in [0, 0.1) is 12.8 Å². The van der Waals surface area contributed by atoms with Crippen molar-refractivity contribution < 1.29 is 9.90 Å². The molecule has 3 N–H and O–H groups in total. The molecule has 23 heavy (non-hydrogen) atoms. The molecule has 0 amide bonds. The summed E-state index contributed by atoms with van der Waals surface area (Å²) in [5.41, 5.74) is 4.58. The summed E-state index contributed by atoms with van der Waals surface area (Å²) in [6.07, 6.45) is 5.25. The maximum absolute atomic E-state index is 11.0. The quantitative estimate of drug-likeness (QED) is 0.792. The lowest BCUT2D eigenvalue weighted by molar-refractivity contribution is -0.142. The van der Waals surface area contributed by atoms with E-state index in [9.17, 15) is 4.79 Å². The third-order valence-corrected chi connectivity index (χ3v) is 4.68. The lowest BCUT2D eigenvalue weighted by Crippen LogP contribution is -2.34. The highest BCUT2D eigenvalue weighted by atomic mass is 16.4. The van der Waals surface area contributed by atoms with E-state index in [1.165, 1.54) is 5.56 Å². The number of aliphatic carboxylic acids is 1. The van der Waals surface area contributed by atoms with Crippen molar-refractivity contribution in [1.29, 1.82) is 0 Å². The number of carboxylic acid groups (broad SMARTS) is 1. The van der Waals surface area contributed by atoms with Gasteiger partial charge in [-0.2, -0.15) is 5.10 Å². The highest BCUT2D eigenvalue weighted by Crippen LogP contribution is 2.26. The summed E-state index contributed by atoms with van der Waals surface area (Å²) in [5, 5.41) is 19.9. The number of carbonyl (C=O) groups is 1. The number of carboxylic acids is 1. The van der Waals surface area contributed by atoms with Gasteiger partial charge >= 0.3 is 5.97 Å². The van der Waals surface area contributed by atoms with E-state index in [0.717, 1.165) is 49.0 Å². The first-order valence-corrected chi connectivity index (χ1v) is 8.19. The van der Waals surface area contributed by atoms with Crippen molar-refractivity contribution in [2.45, 2.75) is 45.2 Å². The molecule has 0 saturated heterocycles. The van der Waals surface area contributed by atoms with Crippen LogP contribution in [-0.2, 0) is 11.3 Å².